The molecule has 2 fully saturated rings. The van der Waals surface area contributed by atoms with Gasteiger partial charge in [0.2, 0.25) is 18.1 Å². The Balaban J connectivity index is 1.34. The number of aliphatic carboxylic acids is 1. The summed E-state index contributed by atoms with van der Waals surface area (Å²) in [5.74, 6) is -4.87. The van der Waals surface area contributed by atoms with Crippen LogP contribution in [0.25, 0.3) is 0 Å². The number of carboxylic acids is 1. The second kappa shape index (κ2) is 18.6. The van der Waals surface area contributed by atoms with Gasteiger partial charge < -0.3 is 54.9 Å². The van der Waals surface area contributed by atoms with Crippen LogP contribution in [0.2, 0.25) is 0 Å². The molecule has 0 bridgehead atoms. The van der Waals surface area contributed by atoms with Gasteiger partial charge in [-0.25, -0.2) is 9.59 Å². The zero-order valence-corrected chi connectivity index (χ0v) is 29.8. The van der Waals surface area contributed by atoms with E-state index in [0.717, 1.165) is 22.0 Å². The SMILES string of the molecule is CNC(=O)OCc1ccc(CCCCNC(=O)CN2C(=O)[C@@H](N3C(=O)C=CC3=O)C[C@H]2COCCS(=O)(=O)O)cc1O[C@@H]1O[C@H](C(=O)O)[C@@H](O)[C@H](O)[C@H]1O. The fourth-order valence-corrected chi connectivity index (χ4v) is 6.23. The van der Waals surface area contributed by atoms with Gasteiger partial charge in [0.1, 0.15) is 36.7 Å². The van der Waals surface area contributed by atoms with E-state index in [1.165, 1.54) is 13.1 Å². The van der Waals surface area contributed by atoms with E-state index in [-0.39, 0.29) is 31.9 Å². The number of carbonyl (C=O) groups is 6. The Hall–Kier alpha value is -4.71. The quantitative estimate of drug-likeness (QED) is 0.0445. The number of amides is 5. The van der Waals surface area contributed by atoms with Crippen molar-refractivity contribution in [2.45, 2.75) is 75.1 Å². The molecular weight excluding hydrogens is 744 g/mol. The van der Waals surface area contributed by atoms with Gasteiger partial charge in [0.25, 0.3) is 21.9 Å². The topological polar surface area (TPSA) is 305 Å². The monoisotopic (exact) mass is 786 g/mol. The number of unbranched alkanes of at least 4 members (excludes halogenated alkanes) is 1. The minimum atomic E-state index is -4.31. The minimum absolute atomic E-state index is 0.0275. The summed E-state index contributed by atoms with van der Waals surface area (Å²) >= 11 is 0. The van der Waals surface area contributed by atoms with Gasteiger partial charge in [-0.1, -0.05) is 12.1 Å². The van der Waals surface area contributed by atoms with Gasteiger partial charge >= 0.3 is 12.1 Å². The molecule has 0 saturated carbocycles. The van der Waals surface area contributed by atoms with Crippen molar-refractivity contribution in [2.75, 3.05) is 39.1 Å². The maximum atomic E-state index is 13.3. The molecule has 1 aromatic carbocycles. The number of carbonyl (C=O) groups excluding carboxylic acids is 5. The molecule has 5 amide bonds. The first-order valence-electron chi connectivity index (χ1n) is 16.7. The van der Waals surface area contributed by atoms with E-state index in [4.69, 9.17) is 23.5 Å². The number of likely N-dealkylation sites (tertiary alicyclic amines) is 1. The van der Waals surface area contributed by atoms with E-state index in [0.29, 0.717) is 30.4 Å². The van der Waals surface area contributed by atoms with E-state index in [1.807, 2.05) is 0 Å². The van der Waals surface area contributed by atoms with Crippen LogP contribution in [0.15, 0.2) is 30.4 Å². The Morgan fingerprint density at radius 1 is 1.02 bits per heavy atom. The zero-order chi connectivity index (χ0) is 39.7. The average molecular weight is 787 g/mol. The van der Waals surface area contributed by atoms with Crippen LogP contribution in [0, 0.1) is 0 Å². The van der Waals surface area contributed by atoms with Crippen molar-refractivity contribution in [3.05, 3.63) is 41.5 Å². The van der Waals surface area contributed by atoms with Crippen molar-refractivity contribution < 1.29 is 81.1 Å². The number of ether oxygens (including phenoxy) is 4. The average Bonchev–Trinajstić information content (AvgIpc) is 3.60. The number of carboxylic acid groups (broad SMARTS) is 1. The van der Waals surface area contributed by atoms with Crippen LogP contribution >= 0.6 is 0 Å². The van der Waals surface area contributed by atoms with Crippen molar-refractivity contribution in [1.29, 1.82) is 0 Å². The molecule has 0 spiro atoms. The lowest BCUT2D eigenvalue weighted by Crippen LogP contribution is -2.61. The number of aliphatic hydroxyl groups excluding tert-OH is 3. The Morgan fingerprint density at radius 2 is 1.72 bits per heavy atom. The molecule has 3 heterocycles. The van der Waals surface area contributed by atoms with Gasteiger partial charge in [-0.3, -0.25) is 28.6 Å². The van der Waals surface area contributed by atoms with E-state index in [2.05, 4.69) is 10.6 Å². The van der Waals surface area contributed by atoms with Gasteiger partial charge in [0.05, 0.1) is 31.6 Å². The van der Waals surface area contributed by atoms with Crippen molar-refractivity contribution in [1.82, 2.24) is 20.4 Å². The van der Waals surface area contributed by atoms with Crippen molar-refractivity contribution in [2.24, 2.45) is 0 Å². The lowest BCUT2D eigenvalue weighted by atomic mass is 9.99. The molecule has 7 atom stereocenters. The number of hydrogen-bond donors (Lipinski definition) is 7. The molecule has 1 aromatic rings. The number of aliphatic hydroxyl groups is 3. The molecule has 4 rings (SSSR count). The third-order valence-corrected chi connectivity index (χ3v) is 9.42. The van der Waals surface area contributed by atoms with Crippen LogP contribution in [-0.2, 0) is 61.3 Å². The van der Waals surface area contributed by atoms with E-state index in [1.54, 1.807) is 12.1 Å². The first-order valence-corrected chi connectivity index (χ1v) is 18.3. The number of hydrogen-bond acceptors (Lipinski definition) is 15. The van der Waals surface area contributed by atoms with Crippen molar-refractivity contribution >= 4 is 45.8 Å². The molecule has 0 unspecified atom stereocenters. The summed E-state index contributed by atoms with van der Waals surface area (Å²) in [5, 5.41) is 45.0. The van der Waals surface area contributed by atoms with Crippen LogP contribution in [-0.4, -0.2) is 161 Å². The fourth-order valence-electron chi connectivity index (χ4n) is 5.91. The smallest absolute Gasteiger partial charge is 0.407 e. The molecule has 3 aliphatic rings. The van der Waals surface area contributed by atoms with Crippen LogP contribution in [0.4, 0.5) is 4.79 Å². The lowest BCUT2D eigenvalue weighted by molar-refractivity contribution is -0.271. The number of aryl methyl sites for hydroxylation is 1. The maximum absolute atomic E-state index is 13.3. The summed E-state index contributed by atoms with van der Waals surface area (Å²) in [5.41, 5.74) is 0.972. The van der Waals surface area contributed by atoms with Crippen LogP contribution in [0.5, 0.6) is 5.75 Å². The molecule has 21 nitrogen and oxygen atoms in total. The summed E-state index contributed by atoms with van der Waals surface area (Å²) in [6.45, 7) is -1.20. The maximum Gasteiger partial charge on any atom is 0.407 e. The third kappa shape index (κ3) is 10.9. The second-order valence-corrected chi connectivity index (χ2v) is 14.1. The number of benzene rings is 1. The Kier molecular flexibility index (Phi) is 14.4. The van der Waals surface area contributed by atoms with Gasteiger partial charge in [-0.2, -0.15) is 8.42 Å². The number of rotatable bonds is 18. The van der Waals surface area contributed by atoms with Gasteiger partial charge in [0, 0.05) is 37.7 Å². The molecule has 54 heavy (non-hydrogen) atoms. The van der Waals surface area contributed by atoms with E-state index < -0.39 is 108 Å². The zero-order valence-electron chi connectivity index (χ0n) is 28.9. The van der Waals surface area contributed by atoms with Crippen LogP contribution in [0.1, 0.15) is 30.4 Å². The number of nitrogens with zero attached hydrogens (tertiary/aromatic N) is 2. The van der Waals surface area contributed by atoms with Crippen LogP contribution in [0.3, 0.4) is 0 Å². The molecule has 7 N–H and O–H groups in total. The highest BCUT2D eigenvalue weighted by molar-refractivity contribution is 7.85. The molecule has 0 aliphatic carbocycles. The molecule has 22 heteroatoms. The third-order valence-electron chi connectivity index (χ3n) is 8.73. The Labute approximate surface area is 308 Å². The van der Waals surface area contributed by atoms with Gasteiger partial charge in [0.15, 0.2) is 6.10 Å². The highest BCUT2D eigenvalue weighted by Gasteiger charge is 2.49. The molecular formula is C32H42N4O17S. The van der Waals surface area contributed by atoms with E-state index >= 15 is 0 Å². The Bertz CT molecular complexity index is 1700. The molecule has 3 aliphatic heterocycles. The molecule has 2 saturated heterocycles. The predicted octanol–water partition coefficient (Wildman–Crippen LogP) is -2.95. The first-order chi connectivity index (χ1) is 25.5. The summed E-state index contributed by atoms with van der Waals surface area (Å²) in [6.07, 6.45) is -6.72. The lowest BCUT2D eigenvalue weighted by Gasteiger charge is -2.38. The summed E-state index contributed by atoms with van der Waals surface area (Å²) in [6, 6.07) is 2.81. The molecule has 0 aromatic heterocycles. The van der Waals surface area contributed by atoms with Gasteiger partial charge in [-0.05, 0) is 30.9 Å². The fraction of sp³-hybridized carbons (Fsp3) is 0.562. The minimum Gasteiger partial charge on any atom is -0.479 e. The summed E-state index contributed by atoms with van der Waals surface area (Å²) in [7, 11) is -2.96. The highest BCUT2D eigenvalue weighted by atomic mass is 32.2. The normalized spacial score (nSPS) is 25.6. The number of nitrogens with one attached hydrogen (secondary N) is 2. The standard InChI is InChI=1S/C32H42N4O17S/c1-33-32(46)51-15-18-6-5-17(12-21(18)52-31-27(42)25(40)26(41)28(53-31)30(44)45)4-2-3-9-34-22(37)14-35-19(16-50-10-11-54(47,48)49)13-20(29(35)43)36-23(38)7-8-24(36)39/h5-8,12,19-20,25-28,31,40-42H,2-4,9-11,13-16H2,1H3,(H,33,46)(H,34,37)(H,44,45)(H,47,48,49)/t19-,20-,25-,26-,27+,28-,31+/m0/s1. The van der Waals surface area contributed by atoms with Crippen molar-refractivity contribution in [3.8, 4) is 5.75 Å². The summed E-state index contributed by atoms with van der Waals surface area (Å²) < 4.78 is 52.4. The largest absolute Gasteiger partial charge is 0.479 e. The van der Waals surface area contributed by atoms with Gasteiger partial charge in [-0.15, -0.1) is 0 Å². The first kappa shape index (κ1) is 42.0. The van der Waals surface area contributed by atoms with E-state index in [9.17, 15) is 57.6 Å². The molecule has 0 radical (unpaired) electrons. The number of imide groups is 1. The predicted molar refractivity (Wildman–Crippen MR) is 179 cm³/mol. The van der Waals surface area contributed by atoms with Crippen LogP contribution < -0.4 is 15.4 Å². The molecule has 298 valence electrons. The second-order valence-electron chi connectivity index (χ2n) is 12.5. The highest BCUT2D eigenvalue weighted by Crippen LogP contribution is 2.29. The summed E-state index contributed by atoms with van der Waals surface area (Å²) in [4.78, 5) is 75.8. The number of alkyl carbamates (subject to hydrolysis) is 1. The van der Waals surface area contributed by atoms with Crippen molar-refractivity contribution in [3.63, 3.8) is 0 Å². The Morgan fingerprint density at radius 3 is 2.37 bits per heavy atom.